The van der Waals surface area contributed by atoms with Crippen LogP contribution in [0.1, 0.15) is 34.1 Å². The van der Waals surface area contributed by atoms with Crippen LogP contribution >= 0.6 is 23.5 Å². The molecule has 0 rings (SSSR count). The van der Waals surface area contributed by atoms with Crippen LogP contribution in [0.3, 0.4) is 0 Å². The summed E-state index contributed by atoms with van der Waals surface area (Å²) in [6, 6.07) is 0. The maximum atomic E-state index is 3.52. The largest absolute Gasteiger partial charge is 0.315 e. The predicted octanol–water partition coefficient (Wildman–Crippen LogP) is 2.84. The average molecular weight is 279 g/mol. The maximum absolute atomic E-state index is 3.52. The van der Waals surface area contributed by atoms with Gasteiger partial charge in [-0.2, -0.15) is 23.5 Å². The predicted molar refractivity (Wildman–Crippen MR) is 85.5 cm³/mol. The zero-order valence-electron chi connectivity index (χ0n) is 12.4. The minimum absolute atomic E-state index is 0.355. The molecule has 104 valence electrons. The van der Waals surface area contributed by atoms with Crippen LogP contribution in [0, 0.1) is 0 Å². The van der Waals surface area contributed by atoms with Crippen LogP contribution in [0.2, 0.25) is 0 Å². The van der Waals surface area contributed by atoms with Gasteiger partial charge in [0.2, 0.25) is 0 Å². The van der Waals surface area contributed by atoms with Crippen molar-refractivity contribution in [3.8, 4) is 0 Å². The van der Waals surface area contributed by atoms with Gasteiger partial charge in [0, 0.05) is 22.6 Å². The molecule has 0 amide bonds. The maximum Gasteiger partial charge on any atom is 0.0225 e. The van der Waals surface area contributed by atoms with E-state index < -0.39 is 0 Å². The Morgan fingerprint density at radius 2 is 1.12 bits per heavy atom. The van der Waals surface area contributed by atoms with E-state index in [0.717, 1.165) is 26.2 Å². The summed E-state index contributed by atoms with van der Waals surface area (Å²) in [6.45, 7) is 13.5. The number of rotatable bonds is 10. The van der Waals surface area contributed by atoms with Crippen molar-refractivity contribution in [2.24, 2.45) is 0 Å². The fraction of sp³-hybridized carbons (Fsp3) is 1.00. The fourth-order valence-corrected chi connectivity index (χ4v) is 1.75. The number of thioether (sulfide) groups is 2. The Balaban J connectivity index is 3.36. The van der Waals surface area contributed by atoms with E-state index in [-0.39, 0.29) is 0 Å². The van der Waals surface area contributed by atoms with Crippen molar-refractivity contribution >= 4 is 23.5 Å². The van der Waals surface area contributed by atoms with Gasteiger partial charge in [-0.1, -0.05) is 0 Å². The molecule has 0 saturated carbocycles. The van der Waals surface area contributed by atoms with Gasteiger partial charge in [0.1, 0.15) is 0 Å². The number of nitrogens with one attached hydrogen (secondary N) is 2. The molecule has 0 radical (unpaired) electrons. The fourth-order valence-electron chi connectivity index (χ4n) is 1.26. The van der Waals surface area contributed by atoms with Gasteiger partial charge in [-0.25, -0.2) is 0 Å². The van der Waals surface area contributed by atoms with Crippen molar-refractivity contribution in [2.75, 3.05) is 38.7 Å². The Bertz CT molecular complexity index is 174. The van der Waals surface area contributed by atoms with Crippen LogP contribution in [-0.4, -0.2) is 48.2 Å². The van der Waals surface area contributed by atoms with E-state index in [1.54, 1.807) is 0 Å². The second-order valence-corrected chi connectivity index (χ2v) is 8.66. The highest BCUT2D eigenvalue weighted by molar-refractivity contribution is 8.00. The van der Waals surface area contributed by atoms with Crippen LogP contribution in [0.15, 0.2) is 0 Å². The van der Waals surface area contributed by atoms with Crippen molar-refractivity contribution in [1.29, 1.82) is 0 Å². The van der Waals surface area contributed by atoms with Gasteiger partial charge in [0.15, 0.2) is 0 Å². The van der Waals surface area contributed by atoms with Gasteiger partial charge in [-0.15, -0.1) is 0 Å². The summed E-state index contributed by atoms with van der Waals surface area (Å²) in [5, 5.41) is 7.04. The lowest BCUT2D eigenvalue weighted by molar-refractivity contribution is 0.537. The Labute approximate surface area is 116 Å². The smallest absolute Gasteiger partial charge is 0.0225 e. The molecule has 0 aromatic carbocycles. The molecule has 0 aliphatic heterocycles. The highest BCUT2D eigenvalue weighted by Gasteiger charge is 2.15. The number of hydrogen-bond acceptors (Lipinski definition) is 4. The molecule has 0 unspecified atom stereocenters. The third-order valence-corrected chi connectivity index (χ3v) is 5.41. The van der Waals surface area contributed by atoms with Crippen LogP contribution in [0.5, 0.6) is 0 Å². The highest BCUT2D eigenvalue weighted by atomic mass is 32.2. The molecule has 0 aromatic heterocycles. The molecular weight excluding hydrogens is 248 g/mol. The van der Waals surface area contributed by atoms with Crippen molar-refractivity contribution in [2.45, 2.75) is 43.6 Å². The third-order valence-electron chi connectivity index (χ3n) is 2.91. The van der Waals surface area contributed by atoms with Crippen molar-refractivity contribution in [1.82, 2.24) is 10.6 Å². The van der Waals surface area contributed by atoms with Gasteiger partial charge in [-0.3, -0.25) is 0 Å². The zero-order valence-corrected chi connectivity index (χ0v) is 14.0. The van der Waals surface area contributed by atoms with Gasteiger partial charge in [-0.05, 0) is 59.7 Å². The van der Waals surface area contributed by atoms with E-state index in [9.17, 15) is 0 Å². The summed E-state index contributed by atoms with van der Waals surface area (Å²) in [5.41, 5.74) is 0. The van der Waals surface area contributed by atoms with E-state index >= 15 is 0 Å². The Hall–Kier alpha value is 0.620. The molecule has 0 atom stereocenters. The third kappa shape index (κ3) is 10.2. The lowest BCUT2D eigenvalue weighted by Gasteiger charge is -2.23. The molecule has 0 aromatic rings. The normalized spacial score (nSPS) is 13.1. The van der Waals surface area contributed by atoms with Gasteiger partial charge in [0.25, 0.3) is 0 Å². The first-order chi connectivity index (χ1) is 7.83. The molecule has 0 bridgehead atoms. The molecule has 0 aliphatic carbocycles. The molecule has 17 heavy (non-hydrogen) atoms. The minimum atomic E-state index is 0.355. The first kappa shape index (κ1) is 17.6. The molecular formula is C13H30N2S2. The SMILES string of the molecule is CSC(C)(C)CNCCCNCC(C)(C)SC. The molecule has 0 saturated heterocycles. The molecule has 0 spiro atoms. The average Bonchev–Trinajstić information content (AvgIpc) is 2.27. The zero-order chi connectivity index (χ0) is 13.4. The Kier molecular flexibility index (Phi) is 8.99. The van der Waals surface area contributed by atoms with E-state index in [2.05, 4.69) is 50.8 Å². The Morgan fingerprint density at radius 3 is 1.41 bits per heavy atom. The quantitative estimate of drug-likeness (QED) is 0.600. The topological polar surface area (TPSA) is 24.1 Å². The lowest BCUT2D eigenvalue weighted by atomic mass is 10.2. The van der Waals surface area contributed by atoms with E-state index in [1.165, 1.54) is 6.42 Å². The highest BCUT2D eigenvalue weighted by Crippen LogP contribution is 2.20. The van der Waals surface area contributed by atoms with Gasteiger partial charge >= 0.3 is 0 Å². The molecule has 0 fully saturated rings. The lowest BCUT2D eigenvalue weighted by Crippen LogP contribution is -2.35. The van der Waals surface area contributed by atoms with Crippen LogP contribution in [0.25, 0.3) is 0 Å². The van der Waals surface area contributed by atoms with Gasteiger partial charge < -0.3 is 10.6 Å². The molecule has 0 aliphatic rings. The number of hydrogen-bond donors (Lipinski definition) is 2. The van der Waals surface area contributed by atoms with Crippen LogP contribution < -0.4 is 10.6 Å². The summed E-state index contributed by atoms with van der Waals surface area (Å²) in [5.74, 6) is 0. The first-order valence-electron chi connectivity index (χ1n) is 6.35. The minimum Gasteiger partial charge on any atom is -0.315 e. The van der Waals surface area contributed by atoms with E-state index in [0.29, 0.717) is 9.49 Å². The van der Waals surface area contributed by atoms with E-state index in [1.807, 2.05) is 23.5 Å². The summed E-state index contributed by atoms with van der Waals surface area (Å²) in [6.07, 6.45) is 5.55. The Morgan fingerprint density at radius 1 is 0.765 bits per heavy atom. The van der Waals surface area contributed by atoms with Crippen molar-refractivity contribution in [3.05, 3.63) is 0 Å². The monoisotopic (exact) mass is 278 g/mol. The van der Waals surface area contributed by atoms with E-state index in [4.69, 9.17) is 0 Å². The molecule has 0 heterocycles. The van der Waals surface area contributed by atoms with Crippen molar-refractivity contribution < 1.29 is 0 Å². The summed E-state index contributed by atoms with van der Waals surface area (Å²) in [4.78, 5) is 0. The van der Waals surface area contributed by atoms with Crippen LogP contribution in [-0.2, 0) is 0 Å². The second kappa shape index (κ2) is 8.68. The van der Waals surface area contributed by atoms with Crippen molar-refractivity contribution in [3.63, 3.8) is 0 Å². The first-order valence-corrected chi connectivity index (χ1v) is 8.80. The van der Waals surface area contributed by atoms with Crippen LogP contribution in [0.4, 0.5) is 0 Å². The summed E-state index contributed by atoms with van der Waals surface area (Å²) >= 11 is 3.84. The molecule has 4 heteroatoms. The van der Waals surface area contributed by atoms with Gasteiger partial charge in [0.05, 0.1) is 0 Å². The second-order valence-electron chi connectivity index (χ2n) is 5.63. The molecule has 2 N–H and O–H groups in total. The summed E-state index contributed by atoms with van der Waals surface area (Å²) in [7, 11) is 0. The summed E-state index contributed by atoms with van der Waals surface area (Å²) < 4.78 is 0.711. The molecule has 2 nitrogen and oxygen atoms in total. The standard InChI is InChI=1S/C13H30N2S2/c1-12(2,16-5)10-14-8-7-9-15-11-13(3,4)17-6/h14-15H,7-11H2,1-6H3.